The first kappa shape index (κ1) is 19.9. The highest BCUT2D eigenvalue weighted by atomic mass is 16.2. The van der Waals surface area contributed by atoms with Crippen LogP contribution in [0, 0.1) is 5.41 Å². The van der Waals surface area contributed by atoms with Gasteiger partial charge >= 0.3 is 0 Å². The highest BCUT2D eigenvalue weighted by Gasteiger charge is 2.35. The molecule has 0 aromatic heterocycles. The van der Waals surface area contributed by atoms with E-state index < -0.39 is 0 Å². The predicted molar refractivity (Wildman–Crippen MR) is 109 cm³/mol. The van der Waals surface area contributed by atoms with E-state index in [0.717, 1.165) is 18.7 Å². The molecule has 2 N–H and O–H groups in total. The van der Waals surface area contributed by atoms with E-state index in [1.54, 1.807) is 0 Å². The van der Waals surface area contributed by atoms with Crippen LogP contribution in [0.15, 0.2) is 24.3 Å². The second-order valence-electron chi connectivity index (χ2n) is 7.83. The molecule has 27 heavy (non-hydrogen) atoms. The summed E-state index contributed by atoms with van der Waals surface area (Å²) < 4.78 is 0. The maximum atomic E-state index is 12.0. The van der Waals surface area contributed by atoms with Crippen LogP contribution in [0.5, 0.6) is 0 Å². The molecule has 3 fully saturated rings. The van der Waals surface area contributed by atoms with Gasteiger partial charge in [-0.25, -0.2) is 0 Å². The molecule has 0 radical (unpaired) electrons. The van der Waals surface area contributed by atoms with Gasteiger partial charge in [-0.1, -0.05) is 26.0 Å². The van der Waals surface area contributed by atoms with Gasteiger partial charge in [-0.2, -0.15) is 0 Å². The maximum Gasteiger partial charge on any atom is 0.234 e. The van der Waals surface area contributed by atoms with Gasteiger partial charge in [0.2, 0.25) is 11.8 Å². The Morgan fingerprint density at radius 3 is 2.19 bits per heavy atom. The van der Waals surface area contributed by atoms with Gasteiger partial charge in [0.15, 0.2) is 0 Å². The smallest absolute Gasteiger partial charge is 0.234 e. The van der Waals surface area contributed by atoms with Crippen molar-refractivity contribution < 1.29 is 9.59 Å². The number of nitrogens with one attached hydrogen (secondary N) is 2. The van der Waals surface area contributed by atoms with E-state index in [1.807, 2.05) is 13.8 Å². The molecule has 148 valence electrons. The molecule has 0 saturated carbocycles. The first-order valence-electron chi connectivity index (χ1n) is 10.5. The third-order valence-corrected chi connectivity index (χ3v) is 6.39. The number of benzene rings is 1. The summed E-state index contributed by atoms with van der Waals surface area (Å²) in [6.45, 7) is 8.58. The van der Waals surface area contributed by atoms with Crippen molar-refractivity contribution in [2.75, 3.05) is 31.1 Å². The first-order chi connectivity index (χ1) is 13.2. The van der Waals surface area contributed by atoms with Gasteiger partial charge in [0.1, 0.15) is 0 Å². The summed E-state index contributed by atoms with van der Waals surface area (Å²) in [5.41, 5.74) is 2.83. The Morgan fingerprint density at radius 1 is 0.963 bits per heavy atom. The van der Waals surface area contributed by atoms with Crippen molar-refractivity contribution in [2.45, 2.75) is 58.3 Å². The molecular formula is C22H33N3O2. The van der Waals surface area contributed by atoms with Crippen LogP contribution in [0.2, 0.25) is 0 Å². The van der Waals surface area contributed by atoms with Crippen LogP contribution in [-0.4, -0.2) is 38.0 Å². The van der Waals surface area contributed by atoms with Crippen molar-refractivity contribution in [3.05, 3.63) is 29.8 Å². The van der Waals surface area contributed by atoms with Gasteiger partial charge in [0, 0.05) is 25.2 Å². The average molecular weight is 372 g/mol. The molecule has 3 aliphatic rings. The van der Waals surface area contributed by atoms with Gasteiger partial charge in [0.05, 0.1) is 5.92 Å². The van der Waals surface area contributed by atoms with E-state index in [-0.39, 0.29) is 17.7 Å². The molecule has 1 spiro atoms. The molecule has 3 heterocycles. The topological polar surface area (TPSA) is 61.4 Å². The number of nitrogens with zero attached hydrogens (tertiary/aromatic N) is 1. The third kappa shape index (κ3) is 4.52. The number of rotatable bonds is 2. The van der Waals surface area contributed by atoms with Crippen molar-refractivity contribution in [3.8, 4) is 0 Å². The Balaban J connectivity index is 0.00000102. The maximum absolute atomic E-state index is 12.0. The number of hydrogen-bond acceptors (Lipinski definition) is 4. The minimum Gasteiger partial charge on any atom is -0.371 e. The van der Waals surface area contributed by atoms with Crippen LogP contribution in [0.1, 0.15) is 63.9 Å². The summed E-state index contributed by atoms with van der Waals surface area (Å²) in [4.78, 5) is 25.8. The summed E-state index contributed by atoms with van der Waals surface area (Å²) in [6, 6.07) is 8.40. The van der Waals surface area contributed by atoms with Crippen LogP contribution in [-0.2, 0) is 9.59 Å². The molecule has 1 aromatic carbocycles. The minimum atomic E-state index is -0.189. The van der Waals surface area contributed by atoms with Gasteiger partial charge in [0.25, 0.3) is 0 Å². The molecule has 3 saturated heterocycles. The lowest BCUT2D eigenvalue weighted by molar-refractivity contribution is -0.134. The lowest BCUT2D eigenvalue weighted by atomic mass is 9.71. The average Bonchev–Trinajstić information content (AvgIpc) is 2.71. The highest BCUT2D eigenvalue weighted by molar-refractivity contribution is 6.00. The summed E-state index contributed by atoms with van der Waals surface area (Å²) in [7, 11) is 0. The van der Waals surface area contributed by atoms with E-state index in [2.05, 4.69) is 39.8 Å². The lowest BCUT2D eigenvalue weighted by Crippen LogP contribution is -2.45. The Bertz CT molecular complexity index is 640. The SMILES string of the molecule is CC.O=C1CCC(c2ccc(N3CCC4(CCNCC4)CC3)cc2)C(=O)N1. The molecule has 1 aromatic rings. The zero-order chi connectivity index (χ0) is 19.3. The molecule has 0 aliphatic carbocycles. The van der Waals surface area contributed by atoms with E-state index in [1.165, 1.54) is 44.5 Å². The molecule has 5 heteroatoms. The summed E-state index contributed by atoms with van der Waals surface area (Å²) >= 11 is 0. The van der Waals surface area contributed by atoms with Crippen molar-refractivity contribution >= 4 is 17.5 Å². The van der Waals surface area contributed by atoms with Gasteiger partial charge in [-0.05, 0) is 68.3 Å². The van der Waals surface area contributed by atoms with Crippen LogP contribution in [0.3, 0.4) is 0 Å². The Morgan fingerprint density at radius 2 is 1.59 bits per heavy atom. The van der Waals surface area contributed by atoms with Crippen LogP contribution < -0.4 is 15.5 Å². The third-order valence-electron chi connectivity index (χ3n) is 6.39. The number of hydrogen-bond donors (Lipinski definition) is 2. The standard InChI is InChI=1S/C20H27N3O2.C2H6/c24-18-6-5-17(19(25)22-18)15-1-3-16(4-2-15)23-13-9-20(10-14-23)7-11-21-12-8-20;1-2/h1-4,17,21H,5-14H2,(H,22,24,25);1-2H3. The van der Waals surface area contributed by atoms with E-state index in [9.17, 15) is 9.59 Å². The Kier molecular flexibility index (Phi) is 6.53. The lowest BCUT2D eigenvalue weighted by Gasteiger charge is -2.45. The fourth-order valence-electron chi connectivity index (χ4n) is 4.63. The molecule has 1 unspecified atom stereocenters. The molecule has 0 bridgehead atoms. The number of carbonyl (C=O) groups excluding carboxylic acids is 2. The number of amides is 2. The molecule has 2 amide bonds. The number of imide groups is 1. The number of carbonyl (C=O) groups is 2. The quantitative estimate of drug-likeness (QED) is 0.784. The second-order valence-corrected chi connectivity index (χ2v) is 7.83. The van der Waals surface area contributed by atoms with Crippen molar-refractivity contribution in [3.63, 3.8) is 0 Å². The van der Waals surface area contributed by atoms with Crippen LogP contribution in [0.4, 0.5) is 5.69 Å². The molecule has 5 nitrogen and oxygen atoms in total. The van der Waals surface area contributed by atoms with Gasteiger partial charge in [-0.15, -0.1) is 0 Å². The molecule has 4 rings (SSSR count). The monoisotopic (exact) mass is 371 g/mol. The van der Waals surface area contributed by atoms with Gasteiger partial charge in [-0.3, -0.25) is 14.9 Å². The number of anilines is 1. The summed E-state index contributed by atoms with van der Waals surface area (Å²) in [6.07, 6.45) is 6.24. The fraction of sp³-hybridized carbons (Fsp3) is 0.636. The van der Waals surface area contributed by atoms with Crippen LogP contribution in [0.25, 0.3) is 0 Å². The largest absolute Gasteiger partial charge is 0.371 e. The highest BCUT2D eigenvalue weighted by Crippen LogP contribution is 2.40. The van der Waals surface area contributed by atoms with Gasteiger partial charge < -0.3 is 10.2 Å². The summed E-state index contributed by atoms with van der Waals surface area (Å²) in [5, 5.41) is 5.92. The van der Waals surface area contributed by atoms with Crippen molar-refractivity contribution in [1.82, 2.24) is 10.6 Å². The van der Waals surface area contributed by atoms with E-state index in [0.29, 0.717) is 18.3 Å². The normalized spacial score (nSPS) is 24.8. The molecular weight excluding hydrogens is 338 g/mol. The zero-order valence-electron chi connectivity index (χ0n) is 16.7. The first-order valence-corrected chi connectivity index (χ1v) is 10.5. The Hall–Kier alpha value is -1.88. The minimum absolute atomic E-state index is 0.155. The Labute approximate surface area is 162 Å². The number of piperidine rings is 3. The van der Waals surface area contributed by atoms with E-state index in [4.69, 9.17) is 0 Å². The predicted octanol–water partition coefficient (Wildman–Crippen LogP) is 3.20. The second kappa shape index (κ2) is 8.87. The molecule has 3 aliphatic heterocycles. The summed E-state index contributed by atoms with van der Waals surface area (Å²) in [5.74, 6) is -0.501. The fourth-order valence-corrected chi connectivity index (χ4v) is 4.63. The van der Waals surface area contributed by atoms with Crippen molar-refractivity contribution in [1.29, 1.82) is 0 Å². The van der Waals surface area contributed by atoms with Crippen LogP contribution >= 0.6 is 0 Å². The molecule has 1 atom stereocenters. The zero-order valence-corrected chi connectivity index (χ0v) is 16.7. The van der Waals surface area contributed by atoms with Crippen molar-refractivity contribution in [2.24, 2.45) is 5.41 Å². The van der Waals surface area contributed by atoms with E-state index >= 15 is 0 Å².